The first-order chi connectivity index (χ1) is 9.80. The largest absolute Gasteiger partial charge is 0.389 e. The van der Waals surface area contributed by atoms with E-state index in [-0.39, 0.29) is 11.8 Å². The number of hydrogen-bond acceptors (Lipinski definition) is 5. The number of hydrogen-bond donors (Lipinski definition) is 3. The van der Waals surface area contributed by atoms with Gasteiger partial charge in [-0.15, -0.1) is 0 Å². The highest BCUT2D eigenvalue weighted by Gasteiger charge is 2.30. The molecule has 1 aromatic rings. The molecule has 2 heterocycles. The van der Waals surface area contributed by atoms with Crippen LogP contribution in [0.15, 0.2) is 12.4 Å². The van der Waals surface area contributed by atoms with E-state index < -0.39 is 5.60 Å². The topological polar surface area (TPSA) is 96.4 Å². The Hall–Kier alpha value is -1.60. The molecular formula is C14H25N5O2. The zero-order chi connectivity index (χ0) is 15.6. The number of anilines is 1. The summed E-state index contributed by atoms with van der Waals surface area (Å²) in [4.78, 5) is 13.9. The Kier molecular flexibility index (Phi) is 4.53. The molecular weight excluding hydrogens is 270 g/mol. The van der Waals surface area contributed by atoms with Crippen molar-refractivity contribution in [3.63, 3.8) is 0 Å². The first-order valence-corrected chi connectivity index (χ1v) is 7.32. The number of nitrogens with one attached hydrogen (secondary N) is 1. The zero-order valence-corrected chi connectivity index (χ0v) is 12.9. The number of hydrazine groups is 1. The van der Waals surface area contributed by atoms with Crippen molar-refractivity contribution in [2.24, 2.45) is 11.8 Å². The van der Waals surface area contributed by atoms with Crippen molar-refractivity contribution in [3.05, 3.63) is 12.4 Å². The minimum atomic E-state index is -0.807. The summed E-state index contributed by atoms with van der Waals surface area (Å²) in [6.45, 7) is 6.71. The number of carbonyl (C=O) groups is 1. The molecule has 118 valence electrons. The second kappa shape index (κ2) is 6.03. The number of nitrogens with zero attached hydrogens (tertiary/aromatic N) is 3. The van der Waals surface area contributed by atoms with Crippen LogP contribution >= 0.6 is 0 Å². The molecule has 0 saturated carbocycles. The van der Waals surface area contributed by atoms with Crippen molar-refractivity contribution < 1.29 is 9.90 Å². The van der Waals surface area contributed by atoms with Gasteiger partial charge in [-0.3, -0.25) is 14.9 Å². The molecule has 7 heteroatoms. The van der Waals surface area contributed by atoms with Gasteiger partial charge in [0.05, 0.1) is 29.9 Å². The standard InChI is InChI=1S/C14H25N5O2/c1-10-4-5-11(13(20)17-15)7-19(10)12-6-16-18(8-12)9-14(2,3)21/h6,8,10-11,21H,4-5,7,9,15H2,1-3H3,(H,17,20)/t10-,11+/m1/s1. The van der Waals surface area contributed by atoms with Crippen molar-refractivity contribution in [1.82, 2.24) is 15.2 Å². The smallest absolute Gasteiger partial charge is 0.238 e. The Labute approximate surface area is 125 Å². The molecule has 2 atom stereocenters. The Balaban J connectivity index is 2.10. The molecule has 21 heavy (non-hydrogen) atoms. The molecule has 0 unspecified atom stereocenters. The van der Waals surface area contributed by atoms with Crippen LogP contribution in [0.5, 0.6) is 0 Å². The Morgan fingerprint density at radius 3 is 2.90 bits per heavy atom. The molecule has 1 aromatic heterocycles. The summed E-state index contributed by atoms with van der Waals surface area (Å²) in [7, 11) is 0. The third kappa shape index (κ3) is 3.95. The molecule has 1 saturated heterocycles. The summed E-state index contributed by atoms with van der Waals surface area (Å²) in [5, 5.41) is 14.1. The van der Waals surface area contributed by atoms with E-state index in [2.05, 4.69) is 22.3 Å². The fourth-order valence-corrected chi connectivity index (χ4v) is 2.78. The lowest BCUT2D eigenvalue weighted by Crippen LogP contribution is -2.48. The van der Waals surface area contributed by atoms with Crippen LogP contribution in [0.25, 0.3) is 0 Å². The maximum absolute atomic E-state index is 11.7. The second-order valence-corrected chi connectivity index (χ2v) is 6.49. The van der Waals surface area contributed by atoms with Crippen LogP contribution in [0.2, 0.25) is 0 Å². The maximum atomic E-state index is 11.7. The Bertz CT molecular complexity index is 494. The lowest BCUT2D eigenvalue weighted by molar-refractivity contribution is -0.125. The van der Waals surface area contributed by atoms with Crippen molar-refractivity contribution >= 4 is 11.6 Å². The van der Waals surface area contributed by atoms with E-state index in [1.54, 1.807) is 24.7 Å². The van der Waals surface area contributed by atoms with Gasteiger partial charge in [-0.05, 0) is 33.6 Å². The summed E-state index contributed by atoms with van der Waals surface area (Å²) in [6.07, 6.45) is 5.48. The minimum Gasteiger partial charge on any atom is -0.389 e. The van der Waals surface area contributed by atoms with E-state index >= 15 is 0 Å². The van der Waals surface area contributed by atoms with Crippen LogP contribution in [0, 0.1) is 5.92 Å². The highest BCUT2D eigenvalue weighted by Crippen LogP contribution is 2.27. The van der Waals surface area contributed by atoms with E-state index in [0.717, 1.165) is 18.5 Å². The van der Waals surface area contributed by atoms with Crippen LogP contribution in [-0.4, -0.2) is 39.0 Å². The SMILES string of the molecule is C[C@@H]1CC[C@H](C(=O)NN)CN1c1cnn(CC(C)(C)O)c1. The first-order valence-electron chi connectivity index (χ1n) is 7.32. The van der Waals surface area contributed by atoms with E-state index in [1.807, 2.05) is 6.20 Å². The molecule has 0 radical (unpaired) electrons. The van der Waals surface area contributed by atoms with Crippen molar-refractivity contribution in [2.75, 3.05) is 11.4 Å². The van der Waals surface area contributed by atoms with Gasteiger partial charge in [0.15, 0.2) is 0 Å². The predicted molar refractivity (Wildman–Crippen MR) is 80.4 cm³/mol. The highest BCUT2D eigenvalue weighted by molar-refractivity contribution is 5.79. The lowest BCUT2D eigenvalue weighted by atomic mass is 9.92. The molecule has 1 fully saturated rings. The van der Waals surface area contributed by atoms with Crippen LogP contribution < -0.4 is 16.2 Å². The average molecular weight is 295 g/mol. The number of aromatic nitrogens is 2. The van der Waals surface area contributed by atoms with Gasteiger partial charge in [-0.2, -0.15) is 5.10 Å². The van der Waals surface area contributed by atoms with E-state index in [9.17, 15) is 9.90 Å². The molecule has 2 rings (SSSR count). The highest BCUT2D eigenvalue weighted by atomic mass is 16.3. The van der Waals surface area contributed by atoms with Crippen molar-refractivity contribution in [2.45, 2.75) is 51.8 Å². The normalized spacial score (nSPS) is 23.2. The van der Waals surface area contributed by atoms with Crippen molar-refractivity contribution in [1.29, 1.82) is 0 Å². The van der Waals surface area contributed by atoms with Gasteiger partial charge in [0.25, 0.3) is 0 Å². The summed E-state index contributed by atoms with van der Waals surface area (Å²) in [5.74, 6) is 5.02. The number of carbonyl (C=O) groups excluding carboxylic acids is 1. The second-order valence-electron chi connectivity index (χ2n) is 6.49. The van der Waals surface area contributed by atoms with E-state index in [4.69, 9.17) is 5.84 Å². The molecule has 0 bridgehead atoms. The Morgan fingerprint density at radius 2 is 2.29 bits per heavy atom. The molecule has 4 N–H and O–H groups in total. The van der Waals surface area contributed by atoms with Gasteiger partial charge in [0, 0.05) is 18.8 Å². The number of aliphatic hydroxyl groups is 1. The first kappa shape index (κ1) is 15.8. The molecule has 1 aliphatic rings. The van der Waals surface area contributed by atoms with E-state index in [1.165, 1.54) is 0 Å². The predicted octanol–water partition coefficient (Wildman–Crippen LogP) is 0.249. The van der Waals surface area contributed by atoms with E-state index in [0.29, 0.717) is 19.1 Å². The fraction of sp³-hybridized carbons (Fsp3) is 0.714. The molecule has 0 spiro atoms. The summed E-state index contributed by atoms with van der Waals surface area (Å²) in [5.41, 5.74) is 2.40. The summed E-state index contributed by atoms with van der Waals surface area (Å²) < 4.78 is 1.73. The summed E-state index contributed by atoms with van der Waals surface area (Å²) in [6, 6.07) is 0.353. The van der Waals surface area contributed by atoms with Crippen LogP contribution in [0.1, 0.15) is 33.6 Å². The monoisotopic (exact) mass is 295 g/mol. The van der Waals surface area contributed by atoms with Crippen molar-refractivity contribution in [3.8, 4) is 0 Å². The number of amides is 1. The van der Waals surface area contributed by atoms with Gasteiger partial charge in [0.1, 0.15) is 0 Å². The Morgan fingerprint density at radius 1 is 1.57 bits per heavy atom. The average Bonchev–Trinajstić information content (AvgIpc) is 2.84. The fourth-order valence-electron chi connectivity index (χ4n) is 2.78. The summed E-state index contributed by atoms with van der Waals surface area (Å²) >= 11 is 0. The zero-order valence-electron chi connectivity index (χ0n) is 12.9. The van der Waals surface area contributed by atoms with Crippen LogP contribution in [0.4, 0.5) is 5.69 Å². The number of rotatable bonds is 4. The van der Waals surface area contributed by atoms with Crippen LogP contribution in [-0.2, 0) is 11.3 Å². The van der Waals surface area contributed by atoms with Gasteiger partial charge >= 0.3 is 0 Å². The third-order valence-corrected chi connectivity index (χ3v) is 3.90. The van der Waals surface area contributed by atoms with Gasteiger partial charge < -0.3 is 10.0 Å². The third-order valence-electron chi connectivity index (χ3n) is 3.90. The maximum Gasteiger partial charge on any atom is 0.238 e. The molecule has 1 aliphatic heterocycles. The van der Waals surface area contributed by atoms with Gasteiger partial charge in [-0.1, -0.05) is 0 Å². The van der Waals surface area contributed by atoms with Gasteiger partial charge in [-0.25, -0.2) is 5.84 Å². The minimum absolute atomic E-state index is 0.0937. The molecule has 0 aromatic carbocycles. The lowest BCUT2D eigenvalue weighted by Gasteiger charge is -2.38. The number of nitrogens with two attached hydrogens (primary N) is 1. The molecule has 7 nitrogen and oxygen atoms in total. The quantitative estimate of drug-likeness (QED) is 0.420. The molecule has 1 amide bonds. The molecule has 0 aliphatic carbocycles. The van der Waals surface area contributed by atoms with Gasteiger partial charge in [0.2, 0.25) is 5.91 Å². The van der Waals surface area contributed by atoms with Crippen LogP contribution in [0.3, 0.4) is 0 Å². The number of piperidine rings is 1.